The van der Waals surface area contributed by atoms with Gasteiger partial charge >= 0.3 is 0 Å². The van der Waals surface area contributed by atoms with Crippen molar-refractivity contribution in [3.05, 3.63) is 29.8 Å². The lowest BCUT2D eigenvalue weighted by atomic mass is 9.95. The highest BCUT2D eigenvalue weighted by atomic mass is 35.5. The summed E-state index contributed by atoms with van der Waals surface area (Å²) in [6.45, 7) is 2.47. The van der Waals surface area contributed by atoms with Gasteiger partial charge in [-0.1, -0.05) is 0 Å². The predicted molar refractivity (Wildman–Crippen MR) is 95.3 cm³/mol. The zero-order valence-electron chi connectivity index (χ0n) is 13.9. The van der Waals surface area contributed by atoms with Crippen molar-refractivity contribution in [2.45, 2.75) is 30.2 Å². The Morgan fingerprint density at radius 2 is 1.92 bits per heavy atom. The molecule has 1 amide bonds. The molecule has 0 aromatic heterocycles. The van der Waals surface area contributed by atoms with Gasteiger partial charge in [-0.2, -0.15) is 0 Å². The van der Waals surface area contributed by atoms with E-state index in [9.17, 15) is 13.2 Å². The van der Waals surface area contributed by atoms with Crippen molar-refractivity contribution < 1.29 is 17.9 Å². The second-order valence-electron chi connectivity index (χ2n) is 6.19. The molecule has 8 heteroatoms. The average molecular weight is 377 g/mol. The Morgan fingerprint density at radius 3 is 2.38 bits per heavy atom. The van der Waals surface area contributed by atoms with Gasteiger partial charge < -0.3 is 15.8 Å². The van der Waals surface area contributed by atoms with Crippen molar-refractivity contribution >= 4 is 28.2 Å². The van der Waals surface area contributed by atoms with Crippen molar-refractivity contribution in [1.82, 2.24) is 5.32 Å². The van der Waals surface area contributed by atoms with Crippen LogP contribution in [0.4, 0.5) is 0 Å². The number of rotatable bonds is 8. The Morgan fingerprint density at radius 1 is 1.33 bits per heavy atom. The van der Waals surface area contributed by atoms with Crippen molar-refractivity contribution in [2.75, 3.05) is 26.0 Å². The number of nitrogens with one attached hydrogen (secondary N) is 1. The van der Waals surface area contributed by atoms with Crippen LogP contribution in [0.2, 0.25) is 0 Å². The molecule has 0 bridgehead atoms. The van der Waals surface area contributed by atoms with Crippen LogP contribution < -0.4 is 11.1 Å². The largest absolute Gasteiger partial charge is 0.384 e. The first kappa shape index (κ1) is 20.9. The van der Waals surface area contributed by atoms with Crippen LogP contribution >= 0.6 is 12.4 Å². The number of ether oxygens (including phenoxy) is 1. The molecule has 1 atom stereocenters. The van der Waals surface area contributed by atoms with E-state index < -0.39 is 15.4 Å². The van der Waals surface area contributed by atoms with E-state index in [4.69, 9.17) is 10.5 Å². The van der Waals surface area contributed by atoms with E-state index >= 15 is 0 Å². The SMILES string of the molecule is COCCS(=O)(=O)c1ccc(C(=O)NC(C)(CN)C2CC2)cc1.Cl. The summed E-state index contributed by atoms with van der Waals surface area (Å²) in [5, 5.41) is 2.98. The van der Waals surface area contributed by atoms with Gasteiger partial charge in [-0.25, -0.2) is 8.42 Å². The third-order valence-electron chi connectivity index (χ3n) is 4.33. The van der Waals surface area contributed by atoms with Crippen molar-refractivity contribution in [3.63, 3.8) is 0 Å². The van der Waals surface area contributed by atoms with E-state index in [2.05, 4.69) is 5.32 Å². The van der Waals surface area contributed by atoms with Gasteiger partial charge in [-0.15, -0.1) is 12.4 Å². The normalized spacial score (nSPS) is 16.8. The Hall–Kier alpha value is -1.15. The molecule has 0 spiro atoms. The number of hydrogen-bond acceptors (Lipinski definition) is 5. The van der Waals surface area contributed by atoms with E-state index in [0.717, 1.165) is 12.8 Å². The van der Waals surface area contributed by atoms with Crippen LogP contribution in [0.25, 0.3) is 0 Å². The lowest BCUT2D eigenvalue weighted by Gasteiger charge is -2.29. The second-order valence-corrected chi connectivity index (χ2v) is 8.30. The predicted octanol–water partition coefficient (Wildman–Crippen LogP) is 1.39. The van der Waals surface area contributed by atoms with Gasteiger partial charge in [0.15, 0.2) is 9.84 Å². The number of hydrogen-bond donors (Lipinski definition) is 2. The summed E-state index contributed by atoms with van der Waals surface area (Å²) in [5.74, 6) is 0.109. The number of methoxy groups -OCH3 is 1. The summed E-state index contributed by atoms with van der Waals surface area (Å²) >= 11 is 0. The fraction of sp³-hybridized carbons (Fsp3) is 0.562. The number of halogens is 1. The maximum absolute atomic E-state index is 12.3. The maximum atomic E-state index is 12.3. The molecule has 1 aliphatic rings. The molecule has 1 aromatic carbocycles. The standard InChI is InChI=1S/C16H24N2O4S.ClH/c1-16(11-17,13-5-6-13)18-15(19)12-3-7-14(8-4-12)23(20,21)10-9-22-2;/h3-4,7-8,13H,5-6,9-11,17H2,1-2H3,(H,18,19);1H. The second kappa shape index (κ2) is 8.29. The van der Waals surface area contributed by atoms with Crippen molar-refractivity contribution in [3.8, 4) is 0 Å². The molecule has 1 fully saturated rings. The number of sulfone groups is 1. The molecule has 136 valence electrons. The molecule has 0 aliphatic heterocycles. The van der Waals surface area contributed by atoms with E-state index in [-0.39, 0.29) is 35.6 Å². The molecule has 0 heterocycles. The topological polar surface area (TPSA) is 98.5 Å². The third kappa shape index (κ3) is 4.92. The zero-order chi connectivity index (χ0) is 17.1. The van der Waals surface area contributed by atoms with E-state index in [1.54, 1.807) is 0 Å². The van der Waals surface area contributed by atoms with Crippen LogP contribution in [0.3, 0.4) is 0 Å². The summed E-state index contributed by atoms with van der Waals surface area (Å²) < 4.78 is 28.9. The van der Waals surface area contributed by atoms with Gasteiger partial charge in [0.1, 0.15) is 0 Å². The van der Waals surface area contributed by atoms with Gasteiger partial charge in [0.2, 0.25) is 0 Å². The Balaban J connectivity index is 0.00000288. The number of carbonyl (C=O) groups is 1. The lowest BCUT2D eigenvalue weighted by molar-refractivity contribution is 0.0897. The number of amides is 1. The molecule has 1 aliphatic carbocycles. The molecule has 0 radical (unpaired) electrons. The fourth-order valence-electron chi connectivity index (χ4n) is 2.50. The summed E-state index contributed by atoms with van der Waals surface area (Å²) in [7, 11) is -1.93. The molecule has 0 saturated heterocycles. The third-order valence-corrected chi connectivity index (χ3v) is 6.03. The highest BCUT2D eigenvalue weighted by molar-refractivity contribution is 7.91. The average Bonchev–Trinajstić information content (AvgIpc) is 3.38. The van der Waals surface area contributed by atoms with Crippen LogP contribution in [0.1, 0.15) is 30.1 Å². The van der Waals surface area contributed by atoms with Gasteiger partial charge in [0.05, 0.1) is 22.8 Å². The quantitative estimate of drug-likeness (QED) is 0.714. The van der Waals surface area contributed by atoms with Crippen molar-refractivity contribution in [2.24, 2.45) is 11.7 Å². The molecular weight excluding hydrogens is 352 g/mol. The van der Waals surface area contributed by atoms with Crippen LogP contribution in [0, 0.1) is 5.92 Å². The summed E-state index contributed by atoms with van der Waals surface area (Å²) in [6, 6.07) is 5.96. The molecule has 24 heavy (non-hydrogen) atoms. The van der Waals surface area contributed by atoms with Gasteiger partial charge in [-0.05, 0) is 49.9 Å². The van der Waals surface area contributed by atoms with Crippen LogP contribution in [-0.4, -0.2) is 45.9 Å². The molecular formula is C16H25ClN2O4S. The minimum atomic E-state index is -3.38. The Bertz CT molecular complexity index is 659. The number of nitrogens with two attached hydrogens (primary N) is 1. The van der Waals surface area contributed by atoms with Gasteiger partial charge in [0.25, 0.3) is 5.91 Å². The molecule has 3 N–H and O–H groups in total. The molecule has 1 aromatic rings. The van der Waals surface area contributed by atoms with Crippen LogP contribution in [-0.2, 0) is 14.6 Å². The zero-order valence-corrected chi connectivity index (χ0v) is 15.6. The van der Waals surface area contributed by atoms with Crippen LogP contribution in [0.5, 0.6) is 0 Å². The summed E-state index contributed by atoms with van der Waals surface area (Å²) in [6.07, 6.45) is 2.15. The van der Waals surface area contributed by atoms with Crippen LogP contribution in [0.15, 0.2) is 29.2 Å². The molecule has 1 saturated carbocycles. The monoisotopic (exact) mass is 376 g/mol. The number of benzene rings is 1. The van der Waals surface area contributed by atoms with Crippen molar-refractivity contribution in [1.29, 1.82) is 0 Å². The molecule has 2 rings (SSSR count). The van der Waals surface area contributed by atoms with E-state index in [0.29, 0.717) is 18.0 Å². The first-order chi connectivity index (χ1) is 10.8. The minimum absolute atomic E-state index is 0. The van der Waals surface area contributed by atoms with E-state index in [1.807, 2.05) is 6.92 Å². The smallest absolute Gasteiger partial charge is 0.251 e. The first-order valence-corrected chi connectivity index (χ1v) is 9.32. The highest BCUT2D eigenvalue weighted by Gasteiger charge is 2.41. The lowest BCUT2D eigenvalue weighted by Crippen LogP contribution is -2.53. The highest BCUT2D eigenvalue weighted by Crippen LogP contribution is 2.39. The summed E-state index contributed by atoms with van der Waals surface area (Å²) in [5.41, 5.74) is 5.82. The Kier molecular flexibility index (Phi) is 7.22. The Labute approximate surface area is 149 Å². The summed E-state index contributed by atoms with van der Waals surface area (Å²) in [4.78, 5) is 12.5. The molecule has 6 nitrogen and oxygen atoms in total. The van der Waals surface area contributed by atoms with Gasteiger partial charge in [-0.3, -0.25) is 4.79 Å². The first-order valence-electron chi connectivity index (χ1n) is 7.67. The fourth-order valence-corrected chi connectivity index (χ4v) is 3.67. The number of carbonyl (C=O) groups excluding carboxylic acids is 1. The maximum Gasteiger partial charge on any atom is 0.251 e. The molecule has 1 unspecified atom stereocenters. The minimum Gasteiger partial charge on any atom is -0.384 e. The van der Waals surface area contributed by atoms with Gasteiger partial charge in [0, 0.05) is 19.2 Å². The van der Waals surface area contributed by atoms with E-state index in [1.165, 1.54) is 31.4 Å².